The summed E-state index contributed by atoms with van der Waals surface area (Å²) in [5.74, 6) is -0.608. The van der Waals surface area contributed by atoms with Crippen LogP contribution < -0.4 is 4.57 Å². The molecule has 0 aliphatic heterocycles. The van der Waals surface area contributed by atoms with Crippen LogP contribution in [0, 0.1) is 3.57 Å². The first-order valence-corrected chi connectivity index (χ1v) is 13.3. The number of hydrogen-bond donors (Lipinski definition) is 0. The maximum absolute atomic E-state index is 13.3. The second-order valence-corrected chi connectivity index (χ2v) is 10.1. The van der Waals surface area contributed by atoms with Crippen molar-refractivity contribution in [3.05, 3.63) is 159 Å². The molecule has 1 heterocycles. The molecule has 5 rings (SSSR count). The average Bonchev–Trinajstić information content (AvgIpc) is 3.38. The number of ketones is 1. The Morgan fingerprint density at radius 3 is 1.79 bits per heavy atom. The molecule has 0 radical (unpaired) electrons. The van der Waals surface area contributed by atoms with Gasteiger partial charge in [-0.2, -0.15) is 0 Å². The Bertz CT molecular complexity index is 1470. The maximum Gasteiger partial charge on any atom is 0.382 e. The minimum Gasteiger partial charge on any atom is -0.463 e. The zero-order valence-corrected chi connectivity index (χ0v) is 23.0. The fourth-order valence-corrected chi connectivity index (χ4v) is 5.47. The molecule has 5 aromatic rings. The van der Waals surface area contributed by atoms with E-state index in [0.29, 0.717) is 11.3 Å². The first-order chi connectivity index (χ1) is 18.5. The highest BCUT2D eigenvalue weighted by Crippen LogP contribution is 2.36. The monoisotopic (exact) mass is 613 g/mol. The molecule has 0 fully saturated rings. The van der Waals surface area contributed by atoms with E-state index in [2.05, 4.69) is 59.0 Å². The number of hydrogen-bond acceptors (Lipinski definition) is 3. The van der Waals surface area contributed by atoms with E-state index in [9.17, 15) is 9.59 Å². The fourth-order valence-electron chi connectivity index (χ4n) is 4.93. The summed E-state index contributed by atoms with van der Waals surface area (Å²) < 4.78 is 9.81. The van der Waals surface area contributed by atoms with Crippen molar-refractivity contribution in [3.63, 3.8) is 0 Å². The van der Waals surface area contributed by atoms with Crippen molar-refractivity contribution in [2.24, 2.45) is 0 Å². The molecule has 0 aliphatic carbocycles. The van der Waals surface area contributed by atoms with Gasteiger partial charge in [-0.3, -0.25) is 4.79 Å². The topological polar surface area (TPSA) is 52.2 Å². The molecule has 188 valence electrons. The predicted octanol–water partition coefficient (Wildman–Crippen LogP) is 5.89. The molecule has 0 spiro atoms. The standard InChI is InChI=1S/C32H26IN2O3/c1-38-31(37)29-21-35(23-34(29)22-30(36)24-12-11-19-28(33)20-24)32(25-13-5-2-6-14-25,26-15-7-3-8-16-26)27-17-9-4-10-18-27/h2-21,23H,22H2,1H3/q+1. The van der Waals surface area contributed by atoms with Crippen LogP contribution in [0.3, 0.4) is 0 Å². The van der Waals surface area contributed by atoms with Crippen LogP contribution in [0.2, 0.25) is 0 Å². The molecular weight excluding hydrogens is 587 g/mol. The number of aromatic nitrogens is 2. The second-order valence-electron chi connectivity index (χ2n) is 8.90. The summed E-state index contributed by atoms with van der Waals surface area (Å²) in [4.78, 5) is 26.3. The van der Waals surface area contributed by atoms with Gasteiger partial charge >= 0.3 is 5.97 Å². The third-order valence-electron chi connectivity index (χ3n) is 6.65. The van der Waals surface area contributed by atoms with E-state index in [4.69, 9.17) is 4.74 Å². The van der Waals surface area contributed by atoms with Gasteiger partial charge in [-0.05, 0) is 34.7 Å². The summed E-state index contributed by atoms with van der Waals surface area (Å²) >= 11 is 2.19. The number of carbonyl (C=O) groups is 2. The number of nitrogens with zero attached hydrogens (tertiary/aromatic N) is 2. The van der Waals surface area contributed by atoms with E-state index < -0.39 is 11.5 Å². The third kappa shape index (κ3) is 4.79. The smallest absolute Gasteiger partial charge is 0.382 e. The van der Waals surface area contributed by atoms with Gasteiger partial charge in [-0.25, -0.2) is 13.9 Å². The molecule has 0 atom stereocenters. The number of Topliss-reactive ketones (excluding diaryl/α,β-unsaturated/α-hetero) is 1. The minimum absolute atomic E-state index is 0.00796. The number of rotatable bonds is 8. The lowest BCUT2D eigenvalue weighted by Crippen LogP contribution is -2.57. The SMILES string of the molecule is COC(=O)c1c[n+](C(c2ccccc2)(c2ccccc2)c2ccccc2)cn1CC(=O)c1cccc(I)c1. The normalized spacial score (nSPS) is 11.2. The van der Waals surface area contributed by atoms with E-state index in [1.165, 1.54) is 7.11 Å². The molecule has 0 bridgehead atoms. The fraction of sp³-hybridized carbons (Fsp3) is 0.0938. The van der Waals surface area contributed by atoms with Crippen molar-refractivity contribution >= 4 is 34.3 Å². The Balaban J connectivity index is 1.76. The Labute approximate surface area is 235 Å². The molecule has 1 aromatic heterocycles. The van der Waals surface area contributed by atoms with Gasteiger partial charge in [0.25, 0.3) is 5.69 Å². The number of ether oxygens (including phenoxy) is 1. The molecule has 4 aromatic carbocycles. The van der Waals surface area contributed by atoms with E-state index in [-0.39, 0.29) is 12.3 Å². The van der Waals surface area contributed by atoms with Crippen LogP contribution in [0.4, 0.5) is 0 Å². The predicted molar refractivity (Wildman–Crippen MR) is 154 cm³/mol. The second kappa shape index (κ2) is 11.1. The Kier molecular flexibility index (Phi) is 7.51. The number of halogens is 1. The molecule has 0 saturated carbocycles. The highest BCUT2D eigenvalue weighted by Gasteiger charge is 2.44. The highest BCUT2D eigenvalue weighted by atomic mass is 127. The Morgan fingerprint density at radius 2 is 1.32 bits per heavy atom. The minimum atomic E-state index is -0.816. The number of carbonyl (C=O) groups excluding carboxylic acids is 2. The van der Waals surface area contributed by atoms with Crippen molar-refractivity contribution in [2.45, 2.75) is 12.1 Å². The summed E-state index contributed by atoms with van der Waals surface area (Å²) in [5.41, 5.74) is 3.11. The van der Waals surface area contributed by atoms with Gasteiger partial charge in [0.2, 0.25) is 12.1 Å². The van der Waals surface area contributed by atoms with Crippen LogP contribution in [0.1, 0.15) is 37.5 Å². The van der Waals surface area contributed by atoms with E-state index in [1.807, 2.05) is 83.7 Å². The number of imidazole rings is 1. The number of benzene rings is 4. The number of esters is 1. The van der Waals surface area contributed by atoms with Crippen molar-refractivity contribution in [3.8, 4) is 0 Å². The molecule has 6 heteroatoms. The zero-order chi connectivity index (χ0) is 26.5. The van der Waals surface area contributed by atoms with E-state index in [1.54, 1.807) is 16.8 Å². The van der Waals surface area contributed by atoms with Gasteiger partial charge in [0.05, 0.1) is 7.11 Å². The third-order valence-corrected chi connectivity index (χ3v) is 7.32. The largest absolute Gasteiger partial charge is 0.463 e. The quantitative estimate of drug-likeness (QED) is 0.0722. The van der Waals surface area contributed by atoms with Crippen molar-refractivity contribution in [2.75, 3.05) is 7.11 Å². The van der Waals surface area contributed by atoms with Crippen molar-refractivity contribution in [1.82, 2.24) is 4.57 Å². The molecule has 0 aliphatic rings. The molecule has 0 unspecified atom stereocenters. The van der Waals surface area contributed by atoms with Crippen LogP contribution in [0.25, 0.3) is 0 Å². The molecule has 5 nitrogen and oxygen atoms in total. The Morgan fingerprint density at radius 1 is 0.789 bits per heavy atom. The summed E-state index contributed by atoms with van der Waals surface area (Å²) in [7, 11) is 1.35. The first kappa shape index (κ1) is 25.6. The molecule has 0 amide bonds. The maximum atomic E-state index is 13.3. The summed E-state index contributed by atoms with van der Waals surface area (Å²) in [6.07, 6.45) is 3.62. The molecule has 38 heavy (non-hydrogen) atoms. The Hall–Kier alpha value is -4.04. The van der Waals surface area contributed by atoms with Gasteiger partial charge in [0.1, 0.15) is 6.20 Å². The molecule has 0 saturated heterocycles. The van der Waals surface area contributed by atoms with Gasteiger partial charge in [-0.15, -0.1) is 0 Å². The highest BCUT2D eigenvalue weighted by molar-refractivity contribution is 14.1. The van der Waals surface area contributed by atoms with Crippen LogP contribution in [-0.2, 0) is 16.8 Å². The lowest BCUT2D eigenvalue weighted by atomic mass is 9.77. The lowest BCUT2D eigenvalue weighted by Gasteiger charge is -2.32. The van der Waals surface area contributed by atoms with Crippen molar-refractivity contribution < 1.29 is 18.9 Å². The zero-order valence-electron chi connectivity index (χ0n) is 20.8. The lowest BCUT2D eigenvalue weighted by molar-refractivity contribution is -0.734. The van der Waals surface area contributed by atoms with Gasteiger partial charge < -0.3 is 4.74 Å². The summed E-state index contributed by atoms with van der Waals surface area (Å²) in [5, 5.41) is 0. The first-order valence-electron chi connectivity index (χ1n) is 12.2. The summed E-state index contributed by atoms with van der Waals surface area (Å²) in [6, 6.07) is 37.9. The van der Waals surface area contributed by atoms with Crippen LogP contribution in [-0.4, -0.2) is 23.4 Å². The summed E-state index contributed by atoms with van der Waals surface area (Å²) in [6.45, 7) is -0.00796. The van der Waals surface area contributed by atoms with Crippen molar-refractivity contribution in [1.29, 1.82) is 0 Å². The molecular formula is C32H26IN2O3+. The average molecular weight is 613 g/mol. The van der Waals surface area contributed by atoms with Gasteiger partial charge in [0, 0.05) is 25.8 Å². The van der Waals surface area contributed by atoms with Crippen LogP contribution in [0.15, 0.2) is 128 Å². The van der Waals surface area contributed by atoms with E-state index in [0.717, 1.165) is 20.3 Å². The van der Waals surface area contributed by atoms with E-state index >= 15 is 0 Å². The van der Waals surface area contributed by atoms with Gasteiger partial charge in [0.15, 0.2) is 12.1 Å². The van der Waals surface area contributed by atoms with Crippen LogP contribution >= 0.6 is 22.6 Å². The van der Waals surface area contributed by atoms with Gasteiger partial charge in [-0.1, -0.05) is 103 Å². The van der Waals surface area contributed by atoms with Crippen LogP contribution in [0.5, 0.6) is 0 Å². The molecule has 0 N–H and O–H groups in total. The number of methoxy groups -OCH3 is 1.